The monoisotopic (exact) mass is 610 g/mol. The summed E-state index contributed by atoms with van der Waals surface area (Å²) in [5.41, 5.74) is 0. The fourth-order valence-electron chi connectivity index (χ4n) is 5.82. The van der Waals surface area contributed by atoms with Crippen LogP contribution in [0.5, 0.6) is 0 Å². The molecule has 5 heteroatoms. The SMILES string of the molecule is CCCCCCCCCCCCC(COC(=O)C(CCCCCC)CCCCCCCC)OC(=O)CCCCCN(C)C. The fraction of sp³-hybridized carbons (Fsp3) is 0.947. The van der Waals surface area contributed by atoms with Gasteiger partial charge in [-0.15, -0.1) is 0 Å². The van der Waals surface area contributed by atoms with E-state index in [1.165, 1.54) is 103 Å². The van der Waals surface area contributed by atoms with Crippen LogP contribution in [0.4, 0.5) is 0 Å². The Balaban J connectivity index is 4.77. The minimum Gasteiger partial charge on any atom is -0.462 e. The van der Waals surface area contributed by atoms with E-state index >= 15 is 0 Å². The molecule has 0 aliphatic heterocycles. The number of ether oxygens (including phenoxy) is 2. The Morgan fingerprint density at radius 2 is 0.953 bits per heavy atom. The molecule has 0 bridgehead atoms. The first-order valence-corrected chi connectivity index (χ1v) is 18.9. The zero-order valence-corrected chi connectivity index (χ0v) is 29.7. The van der Waals surface area contributed by atoms with Crippen LogP contribution in [0.25, 0.3) is 0 Å². The maximum Gasteiger partial charge on any atom is 0.309 e. The average molecular weight is 610 g/mol. The predicted molar refractivity (Wildman–Crippen MR) is 185 cm³/mol. The van der Waals surface area contributed by atoms with Gasteiger partial charge in [0.2, 0.25) is 0 Å². The number of unbranched alkanes of at least 4 members (excludes halogenated alkanes) is 19. The Bertz CT molecular complexity index is 609. The van der Waals surface area contributed by atoms with Crippen LogP contribution >= 0.6 is 0 Å². The van der Waals surface area contributed by atoms with Crippen LogP contribution in [0.2, 0.25) is 0 Å². The minimum atomic E-state index is -0.318. The Morgan fingerprint density at radius 1 is 0.535 bits per heavy atom. The fourth-order valence-corrected chi connectivity index (χ4v) is 5.82. The number of carbonyl (C=O) groups is 2. The second kappa shape index (κ2) is 32.3. The topological polar surface area (TPSA) is 55.8 Å². The van der Waals surface area contributed by atoms with Gasteiger partial charge in [0, 0.05) is 6.42 Å². The molecule has 0 aliphatic rings. The van der Waals surface area contributed by atoms with E-state index in [0.29, 0.717) is 6.42 Å². The normalized spacial score (nSPS) is 12.9. The van der Waals surface area contributed by atoms with Gasteiger partial charge in [-0.1, -0.05) is 149 Å². The number of esters is 2. The van der Waals surface area contributed by atoms with Crippen LogP contribution in [0.15, 0.2) is 0 Å². The van der Waals surface area contributed by atoms with Crippen molar-refractivity contribution >= 4 is 11.9 Å². The van der Waals surface area contributed by atoms with E-state index in [0.717, 1.165) is 70.8 Å². The van der Waals surface area contributed by atoms with Gasteiger partial charge in [-0.3, -0.25) is 9.59 Å². The molecule has 2 unspecified atom stereocenters. The summed E-state index contributed by atoms with van der Waals surface area (Å²) in [5, 5.41) is 0. The molecule has 0 saturated heterocycles. The molecule has 0 aliphatic carbocycles. The van der Waals surface area contributed by atoms with Gasteiger partial charge in [0.05, 0.1) is 5.92 Å². The van der Waals surface area contributed by atoms with Crippen molar-refractivity contribution in [3.63, 3.8) is 0 Å². The molecular weight excluding hydrogens is 534 g/mol. The van der Waals surface area contributed by atoms with Crippen molar-refractivity contribution in [2.24, 2.45) is 5.92 Å². The highest BCUT2D eigenvalue weighted by molar-refractivity contribution is 5.72. The molecule has 0 amide bonds. The summed E-state index contributed by atoms with van der Waals surface area (Å²) < 4.78 is 11.8. The van der Waals surface area contributed by atoms with Crippen molar-refractivity contribution in [1.82, 2.24) is 4.90 Å². The third kappa shape index (κ3) is 29.4. The number of hydrogen-bond acceptors (Lipinski definition) is 5. The lowest BCUT2D eigenvalue weighted by Gasteiger charge is -2.21. The summed E-state index contributed by atoms with van der Waals surface area (Å²) in [5.74, 6) is -0.229. The lowest BCUT2D eigenvalue weighted by molar-refractivity contribution is -0.162. The van der Waals surface area contributed by atoms with E-state index < -0.39 is 0 Å². The smallest absolute Gasteiger partial charge is 0.309 e. The average Bonchev–Trinajstić information content (AvgIpc) is 2.98. The molecule has 0 N–H and O–H groups in total. The summed E-state index contributed by atoms with van der Waals surface area (Å²) in [6, 6.07) is 0. The van der Waals surface area contributed by atoms with Crippen LogP contribution < -0.4 is 0 Å². The Hall–Kier alpha value is -1.10. The maximum absolute atomic E-state index is 13.2. The van der Waals surface area contributed by atoms with Gasteiger partial charge in [-0.25, -0.2) is 0 Å². The highest BCUT2D eigenvalue weighted by Gasteiger charge is 2.22. The van der Waals surface area contributed by atoms with Crippen LogP contribution in [0, 0.1) is 5.92 Å². The molecule has 0 heterocycles. The molecule has 0 aromatic rings. The van der Waals surface area contributed by atoms with Gasteiger partial charge in [-0.2, -0.15) is 0 Å². The second-order valence-corrected chi connectivity index (χ2v) is 13.4. The largest absolute Gasteiger partial charge is 0.462 e. The van der Waals surface area contributed by atoms with Crippen molar-refractivity contribution in [2.75, 3.05) is 27.2 Å². The van der Waals surface area contributed by atoms with E-state index in [1.807, 2.05) is 0 Å². The van der Waals surface area contributed by atoms with E-state index in [-0.39, 0.29) is 30.6 Å². The first kappa shape index (κ1) is 41.9. The van der Waals surface area contributed by atoms with Crippen molar-refractivity contribution in [2.45, 2.75) is 200 Å². The van der Waals surface area contributed by atoms with E-state index in [4.69, 9.17) is 9.47 Å². The van der Waals surface area contributed by atoms with E-state index in [9.17, 15) is 9.59 Å². The Labute approximate surface area is 269 Å². The third-order valence-corrected chi connectivity index (χ3v) is 8.72. The van der Waals surface area contributed by atoms with Gasteiger partial charge < -0.3 is 14.4 Å². The third-order valence-electron chi connectivity index (χ3n) is 8.72. The lowest BCUT2D eigenvalue weighted by Crippen LogP contribution is -2.28. The van der Waals surface area contributed by atoms with Gasteiger partial charge in [-0.05, 0) is 59.2 Å². The molecule has 256 valence electrons. The molecule has 0 fully saturated rings. The van der Waals surface area contributed by atoms with E-state index in [1.54, 1.807) is 0 Å². The standard InChI is InChI=1S/C38H75NO4/c1-6-9-12-15-17-18-19-20-22-26-31-36(43-37(40)32-27-23-28-33-39(4)5)34-42-38(41)35(29-24-14-11-8-3)30-25-21-16-13-10-7-2/h35-36H,6-34H2,1-5H3. The van der Waals surface area contributed by atoms with Crippen molar-refractivity contribution in [3.05, 3.63) is 0 Å². The molecule has 0 spiro atoms. The van der Waals surface area contributed by atoms with Gasteiger partial charge in [0.1, 0.15) is 12.7 Å². The molecular formula is C38H75NO4. The first-order chi connectivity index (χ1) is 20.9. The molecule has 0 saturated carbocycles. The number of hydrogen-bond donors (Lipinski definition) is 0. The predicted octanol–water partition coefficient (Wildman–Crippen LogP) is 11.2. The minimum absolute atomic E-state index is 0.0200. The van der Waals surface area contributed by atoms with Gasteiger partial charge >= 0.3 is 11.9 Å². The summed E-state index contributed by atoms with van der Waals surface area (Å²) >= 11 is 0. The van der Waals surface area contributed by atoms with Crippen molar-refractivity contribution in [3.8, 4) is 0 Å². The summed E-state index contributed by atoms with van der Waals surface area (Å²) in [4.78, 5) is 28.1. The maximum atomic E-state index is 13.2. The lowest BCUT2D eigenvalue weighted by atomic mass is 9.94. The number of rotatable bonds is 33. The number of carbonyl (C=O) groups excluding carboxylic acids is 2. The quantitative estimate of drug-likeness (QED) is 0.0547. The molecule has 5 nitrogen and oxygen atoms in total. The van der Waals surface area contributed by atoms with Crippen LogP contribution in [-0.4, -0.2) is 50.2 Å². The zero-order chi connectivity index (χ0) is 31.8. The Morgan fingerprint density at radius 3 is 1.44 bits per heavy atom. The zero-order valence-electron chi connectivity index (χ0n) is 29.7. The molecule has 0 aromatic carbocycles. The van der Waals surface area contributed by atoms with Crippen molar-refractivity contribution < 1.29 is 19.1 Å². The molecule has 43 heavy (non-hydrogen) atoms. The Kier molecular flexibility index (Phi) is 31.5. The molecule has 0 radical (unpaired) electrons. The van der Waals surface area contributed by atoms with Crippen LogP contribution in [0.1, 0.15) is 194 Å². The summed E-state index contributed by atoms with van der Waals surface area (Å²) in [7, 11) is 4.16. The highest BCUT2D eigenvalue weighted by atomic mass is 16.6. The highest BCUT2D eigenvalue weighted by Crippen LogP contribution is 2.21. The van der Waals surface area contributed by atoms with Gasteiger partial charge in [0.25, 0.3) is 0 Å². The number of nitrogens with zero attached hydrogens (tertiary/aromatic N) is 1. The van der Waals surface area contributed by atoms with Crippen molar-refractivity contribution in [1.29, 1.82) is 0 Å². The van der Waals surface area contributed by atoms with Crippen LogP contribution in [0.3, 0.4) is 0 Å². The van der Waals surface area contributed by atoms with E-state index in [2.05, 4.69) is 39.8 Å². The molecule has 2 atom stereocenters. The second-order valence-electron chi connectivity index (χ2n) is 13.4. The van der Waals surface area contributed by atoms with Crippen LogP contribution in [-0.2, 0) is 19.1 Å². The summed E-state index contributed by atoms with van der Waals surface area (Å²) in [6.07, 6.45) is 30.6. The molecule has 0 aromatic heterocycles. The molecule has 0 rings (SSSR count). The summed E-state index contributed by atoms with van der Waals surface area (Å²) in [6.45, 7) is 7.99. The van der Waals surface area contributed by atoms with Gasteiger partial charge in [0.15, 0.2) is 0 Å². The first-order valence-electron chi connectivity index (χ1n) is 18.9.